The number of nitrogens with zero attached hydrogens (tertiary/aromatic N) is 2. The van der Waals surface area contributed by atoms with Gasteiger partial charge in [-0.2, -0.15) is 0 Å². The number of hydrogen-bond acceptors (Lipinski definition) is 4. The summed E-state index contributed by atoms with van der Waals surface area (Å²) >= 11 is 0. The fourth-order valence-corrected chi connectivity index (χ4v) is 0.909. The van der Waals surface area contributed by atoms with Crippen molar-refractivity contribution in [3.63, 3.8) is 0 Å². The number of aryl methyl sites for hydroxylation is 1. The summed E-state index contributed by atoms with van der Waals surface area (Å²) in [7, 11) is 0. The number of furan rings is 1. The van der Waals surface area contributed by atoms with Crippen LogP contribution in [0.2, 0.25) is 0 Å². The van der Waals surface area contributed by atoms with Gasteiger partial charge in [-0.1, -0.05) is 5.16 Å². The molecule has 2 aromatic rings. The zero-order valence-electron chi connectivity index (χ0n) is 7.10. The first-order valence-corrected chi connectivity index (χ1v) is 3.85. The fraction of sp³-hybridized carbons (Fsp3) is 0.111. The highest BCUT2D eigenvalue weighted by Gasteiger charge is 1.96. The molecule has 0 atom stereocenters. The molecule has 0 aliphatic carbocycles. The zero-order valence-corrected chi connectivity index (χ0v) is 7.10. The van der Waals surface area contributed by atoms with Crippen LogP contribution in [0.3, 0.4) is 0 Å². The lowest BCUT2D eigenvalue weighted by Crippen LogP contribution is -1.72. The molecule has 0 bridgehead atoms. The van der Waals surface area contributed by atoms with E-state index in [1.807, 2.05) is 13.0 Å². The summed E-state index contributed by atoms with van der Waals surface area (Å²) in [5.41, 5.74) is 0. The van der Waals surface area contributed by atoms with Crippen LogP contribution in [-0.4, -0.2) is 11.4 Å². The van der Waals surface area contributed by atoms with Gasteiger partial charge in [0, 0.05) is 6.07 Å². The van der Waals surface area contributed by atoms with E-state index in [1.165, 1.54) is 0 Å². The Morgan fingerprint density at radius 2 is 2.46 bits per heavy atom. The maximum absolute atomic E-state index is 5.05. The molecule has 2 heterocycles. The fourth-order valence-electron chi connectivity index (χ4n) is 0.909. The topological polar surface area (TPSA) is 51.5 Å². The molecule has 0 saturated carbocycles. The lowest BCUT2D eigenvalue weighted by atomic mass is 10.5. The van der Waals surface area contributed by atoms with Crippen LogP contribution in [0, 0.1) is 6.92 Å². The Morgan fingerprint density at radius 3 is 3.08 bits per heavy atom. The molecular weight excluding hydrogens is 168 g/mol. The molecule has 0 amide bonds. The Balaban J connectivity index is 2.14. The summed E-state index contributed by atoms with van der Waals surface area (Å²) < 4.78 is 9.89. The van der Waals surface area contributed by atoms with Crippen LogP contribution in [0.5, 0.6) is 0 Å². The SMILES string of the molecule is Cc1cc(N=Cc2ccco2)no1. The van der Waals surface area contributed by atoms with Crippen molar-refractivity contribution in [1.82, 2.24) is 5.16 Å². The highest BCUT2D eigenvalue weighted by atomic mass is 16.5. The highest BCUT2D eigenvalue weighted by Crippen LogP contribution is 2.10. The van der Waals surface area contributed by atoms with Crippen molar-refractivity contribution >= 4 is 12.0 Å². The number of hydrogen-bond donors (Lipinski definition) is 0. The van der Waals surface area contributed by atoms with E-state index in [2.05, 4.69) is 10.1 Å². The van der Waals surface area contributed by atoms with Crippen molar-refractivity contribution in [2.75, 3.05) is 0 Å². The van der Waals surface area contributed by atoms with Crippen LogP contribution in [0.15, 0.2) is 38.4 Å². The second-order valence-electron chi connectivity index (χ2n) is 2.57. The van der Waals surface area contributed by atoms with Crippen LogP contribution in [0.4, 0.5) is 5.82 Å². The molecule has 2 aromatic heterocycles. The Bertz CT molecular complexity index is 401. The standard InChI is InChI=1S/C9H8N2O2/c1-7-5-9(11-13-7)10-6-8-3-2-4-12-8/h2-6H,1H3. The molecule has 0 aliphatic heterocycles. The highest BCUT2D eigenvalue weighted by molar-refractivity contribution is 5.77. The number of aliphatic imine (C=N–C) groups is 1. The molecule has 4 nitrogen and oxygen atoms in total. The third-order valence-electron chi connectivity index (χ3n) is 1.48. The minimum Gasteiger partial charge on any atom is -0.463 e. The average molecular weight is 176 g/mol. The van der Waals surface area contributed by atoms with Gasteiger partial charge in [0.15, 0.2) is 5.82 Å². The Hall–Kier alpha value is -1.84. The van der Waals surface area contributed by atoms with Crippen LogP contribution < -0.4 is 0 Å². The van der Waals surface area contributed by atoms with Crippen LogP contribution >= 0.6 is 0 Å². The number of rotatable bonds is 2. The summed E-state index contributed by atoms with van der Waals surface area (Å²) in [5.74, 6) is 1.99. The van der Waals surface area contributed by atoms with Gasteiger partial charge in [0.2, 0.25) is 0 Å². The first kappa shape index (κ1) is 7.79. The molecule has 0 radical (unpaired) electrons. The van der Waals surface area contributed by atoms with Gasteiger partial charge < -0.3 is 8.94 Å². The Kier molecular flexibility index (Phi) is 1.96. The van der Waals surface area contributed by atoms with Gasteiger partial charge in [-0.15, -0.1) is 0 Å². The molecule has 0 N–H and O–H groups in total. The third-order valence-corrected chi connectivity index (χ3v) is 1.48. The molecule has 0 fully saturated rings. The molecule has 0 unspecified atom stereocenters. The van der Waals surface area contributed by atoms with Crippen molar-refractivity contribution in [1.29, 1.82) is 0 Å². The second kappa shape index (κ2) is 3.26. The average Bonchev–Trinajstić information content (AvgIpc) is 2.71. The molecule has 66 valence electrons. The third kappa shape index (κ3) is 1.84. The van der Waals surface area contributed by atoms with Crippen molar-refractivity contribution < 1.29 is 8.94 Å². The van der Waals surface area contributed by atoms with Crippen LogP contribution in [-0.2, 0) is 0 Å². The first-order valence-electron chi connectivity index (χ1n) is 3.85. The second-order valence-corrected chi connectivity index (χ2v) is 2.57. The van der Waals surface area contributed by atoms with Gasteiger partial charge in [0.05, 0.1) is 12.5 Å². The lowest BCUT2D eigenvalue weighted by molar-refractivity contribution is 0.399. The summed E-state index contributed by atoms with van der Waals surface area (Å²) in [4.78, 5) is 4.05. The van der Waals surface area contributed by atoms with Gasteiger partial charge in [-0.25, -0.2) is 4.99 Å². The van der Waals surface area contributed by atoms with Crippen LogP contribution in [0.25, 0.3) is 0 Å². The van der Waals surface area contributed by atoms with E-state index in [0.29, 0.717) is 11.6 Å². The molecule has 0 aliphatic rings. The molecule has 13 heavy (non-hydrogen) atoms. The van der Waals surface area contributed by atoms with Gasteiger partial charge in [-0.3, -0.25) is 0 Å². The van der Waals surface area contributed by atoms with Gasteiger partial charge in [0.25, 0.3) is 0 Å². The maximum atomic E-state index is 5.05. The van der Waals surface area contributed by atoms with E-state index in [-0.39, 0.29) is 0 Å². The molecular formula is C9H8N2O2. The minimum absolute atomic E-state index is 0.550. The van der Waals surface area contributed by atoms with E-state index < -0.39 is 0 Å². The molecule has 4 heteroatoms. The van der Waals surface area contributed by atoms with E-state index >= 15 is 0 Å². The Morgan fingerprint density at radius 1 is 1.54 bits per heavy atom. The maximum Gasteiger partial charge on any atom is 0.195 e. The molecule has 0 saturated heterocycles. The first-order chi connectivity index (χ1) is 6.34. The normalized spacial score (nSPS) is 11.2. The number of aromatic nitrogens is 1. The van der Waals surface area contributed by atoms with Crippen molar-refractivity contribution in [2.45, 2.75) is 6.92 Å². The molecule has 0 spiro atoms. The summed E-state index contributed by atoms with van der Waals surface area (Å²) in [6.07, 6.45) is 3.19. The van der Waals surface area contributed by atoms with Crippen molar-refractivity contribution in [3.05, 3.63) is 36.0 Å². The predicted molar refractivity (Wildman–Crippen MR) is 47.2 cm³/mol. The smallest absolute Gasteiger partial charge is 0.195 e. The molecule has 2 rings (SSSR count). The van der Waals surface area contributed by atoms with Gasteiger partial charge >= 0.3 is 0 Å². The van der Waals surface area contributed by atoms with Crippen molar-refractivity contribution in [2.24, 2.45) is 4.99 Å². The zero-order chi connectivity index (χ0) is 9.10. The largest absolute Gasteiger partial charge is 0.463 e. The van der Waals surface area contributed by atoms with E-state index in [9.17, 15) is 0 Å². The van der Waals surface area contributed by atoms with E-state index in [4.69, 9.17) is 8.94 Å². The lowest BCUT2D eigenvalue weighted by Gasteiger charge is -1.80. The van der Waals surface area contributed by atoms with Crippen LogP contribution in [0.1, 0.15) is 11.5 Å². The van der Waals surface area contributed by atoms with E-state index in [0.717, 1.165) is 5.76 Å². The summed E-state index contributed by atoms with van der Waals surface area (Å²) in [5, 5.41) is 3.70. The van der Waals surface area contributed by atoms with E-state index in [1.54, 1.807) is 24.6 Å². The van der Waals surface area contributed by atoms with Gasteiger partial charge in [-0.05, 0) is 19.1 Å². The predicted octanol–water partition coefficient (Wildman–Crippen LogP) is 2.33. The summed E-state index contributed by atoms with van der Waals surface area (Å²) in [6.45, 7) is 1.82. The minimum atomic E-state index is 0.550. The monoisotopic (exact) mass is 176 g/mol. The Labute approximate surface area is 74.9 Å². The van der Waals surface area contributed by atoms with Gasteiger partial charge in [0.1, 0.15) is 11.5 Å². The van der Waals surface area contributed by atoms with Crippen molar-refractivity contribution in [3.8, 4) is 0 Å². The quantitative estimate of drug-likeness (QED) is 0.660. The molecule has 0 aromatic carbocycles. The summed E-state index contributed by atoms with van der Waals surface area (Å²) in [6, 6.07) is 5.37.